The molecule has 3 rings (SSSR count). The highest BCUT2D eigenvalue weighted by Gasteiger charge is 2.59. The standard InChI is InChI=1S/C7H11NO/c1-2-7(1)3-5-4-8-6(7)9-5/h5-6,8H,1-4H2. The van der Waals surface area contributed by atoms with Gasteiger partial charge in [0.25, 0.3) is 0 Å². The van der Waals surface area contributed by atoms with Crippen LogP contribution in [0.3, 0.4) is 0 Å². The maximum atomic E-state index is 5.64. The van der Waals surface area contributed by atoms with E-state index in [0.29, 0.717) is 17.7 Å². The molecule has 9 heavy (non-hydrogen) atoms. The lowest BCUT2D eigenvalue weighted by Crippen LogP contribution is -2.35. The summed E-state index contributed by atoms with van der Waals surface area (Å²) >= 11 is 0. The minimum absolute atomic E-state index is 0.447. The lowest BCUT2D eigenvalue weighted by atomic mass is 9.97. The van der Waals surface area contributed by atoms with Crippen LogP contribution in [0, 0.1) is 5.41 Å². The van der Waals surface area contributed by atoms with Crippen LogP contribution in [0.25, 0.3) is 0 Å². The summed E-state index contributed by atoms with van der Waals surface area (Å²) in [7, 11) is 0. The molecule has 2 heterocycles. The molecule has 3 aliphatic rings. The number of ether oxygens (including phenoxy) is 1. The van der Waals surface area contributed by atoms with Crippen molar-refractivity contribution in [3.8, 4) is 0 Å². The molecule has 2 saturated heterocycles. The highest BCUT2D eigenvalue weighted by molar-refractivity contribution is 5.08. The number of nitrogens with one attached hydrogen (secondary N) is 1. The Bertz CT molecular complexity index is 153. The zero-order valence-electron chi connectivity index (χ0n) is 5.39. The van der Waals surface area contributed by atoms with Crippen molar-refractivity contribution < 1.29 is 4.74 Å². The Balaban J connectivity index is 1.96. The normalized spacial score (nSPS) is 50.7. The van der Waals surface area contributed by atoms with Crippen molar-refractivity contribution in [1.82, 2.24) is 5.32 Å². The predicted molar refractivity (Wildman–Crippen MR) is 32.9 cm³/mol. The fourth-order valence-electron chi connectivity index (χ4n) is 2.20. The molecule has 2 atom stereocenters. The molecule has 2 aliphatic heterocycles. The Morgan fingerprint density at radius 3 is 2.67 bits per heavy atom. The van der Waals surface area contributed by atoms with Gasteiger partial charge in [-0.15, -0.1) is 0 Å². The van der Waals surface area contributed by atoms with Gasteiger partial charge in [-0.3, -0.25) is 5.32 Å². The van der Waals surface area contributed by atoms with Crippen LogP contribution in [0.15, 0.2) is 0 Å². The lowest BCUT2D eigenvalue weighted by Gasteiger charge is -2.17. The quantitative estimate of drug-likeness (QED) is 0.508. The van der Waals surface area contributed by atoms with Crippen LogP contribution in [0.5, 0.6) is 0 Å². The minimum atomic E-state index is 0.447. The first-order chi connectivity index (χ1) is 4.39. The zero-order chi connectivity index (χ0) is 5.90. The molecule has 3 fully saturated rings. The van der Waals surface area contributed by atoms with E-state index < -0.39 is 0 Å². The molecule has 50 valence electrons. The fraction of sp³-hybridized carbons (Fsp3) is 1.00. The van der Waals surface area contributed by atoms with Gasteiger partial charge in [0.05, 0.1) is 6.10 Å². The number of hydrogen-bond acceptors (Lipinski definition) is 2. The van der Waals surface area contributed by atoms with Crippen LogP contribution >= 0.6 is 0 Å². The average molecular weight is 125 g/mol. The first-order valence-corrected chi connectivity index (χ1v) is 3.78. The largest absolute Gasteiger partial charge is 0.358 e. The van der Waals surface area contributed by atoms with E-state index >= 15 is 0 Å². The third-order valence-corrected chi connectivity index (χ3v) is 2.94. The molecule has 1 saturated carbocycles. The Kier molecular flexibility index (Phi) is 0.616. The molecule has 0 amide bonds. The maximum absolute atomic E-state index is 5.64. The molecular weight excluding hydrogens is 114 g/mol. The third kappa shape index (κ3) is 0.447. The topological polar surface area (TPSA) is 21.3 Å². The molecule has 2 heteroatoms. The summed E-state index contributed by atoms with van der Waals surface area (Å²) in [5.74, 6) is 0. The molecule has 0 aromatic rings. The summed E-state index contributed by atoms with van der Waals surface area (Å²) in [5, 5.41) is 3.39. The van der Waals surface area contributed by atoms with E-state index in [1.54, 1.807) is 0 Å². The first kappa shape index (κ1) is 4.69. The number of hydrogen-bond donors (Lipinski definition) is 1. The number of fused-ring (bicyclic) bond motifs is 3. The van der Waals surface area contributed by atoms with Crippen LogP contribution < -0.4 is 5.32 Å². The first-order valence-electron chi connectivity index (χ1n) is 3.78. The van der Waals surface area contributed by atoms with E-state index in [4.69, 9.17) is 4.74 Å². The maximum Gasteiger partial charge on any atom is 0.114 e. The van der Waals surface area contributed by atoms with Crippen LogP contribution in [-0.4, -0.2) is 18.9 Å². The smallest absolute Gasteiger partial charge is 0.114 e. The van der Waals surface area contributed by atoms with Crippen molar-refractivity contribution in [3.63, 3.8) is 0 Å². The van der Waals surface area contributed by atoms with Crippen molar-refractivity contribution in [2.75, 3.05) is 6.54 Å². The van der Waals surface area contributed by atoms with Crippen LogP contribution in [0.1, 0.15) is 19.3 Å². The second-order valence-electron chi connectivity index (χ2n) is 3.61. The monoisotopic (exact) mass is 125 g/mol. The SMILES string of the molecule is C1NC2OC1CC21CC1. The van der Waals surface area contributed by atoms with E-state index in [0.717, 1.165) is 6.54 Å². The molecule has 1 spiro atoms. The molecule has 1 N–H and O–H groups in total. The fourth-order valence-corrected chi connectivity index (χ4v) is 2.20. The molecule has 2 unspecified atom stereocenters. The van der Waals surface area contributed by atoms with Gasteiger partial charge in [0.2, 0.25) is 0 Å². The van der Waals surface area contributed by atoms with E-state index in [9.17, 15) is 0 Å². The molecule has 2 bridgehead atoms. The Morgan fingerprint density at radius 1 is 1.44 bits per heavy atom. The van der Waals surface area contributed by atoms with Gasteiger partial charge >= 0.3 is 0 Å². The minimum Gasteiger partial charge on any atom is -0.358 e. The van der Waals surface area contributed by atoms with Crippen molar-refractivity contribution in [3.05, 3.63) is 0 Å². The summed E-state index contributed by atoms with van der Waals surface area (Å²) in [6.45, 7) is 1.10. The van der Waals surface area contributed by atoms with Crippen molar-refractivity contribution in [1.29, 1.82) is 0 Å². The molecular formula is C7H11NO. The van der Waals surface area contributed by atoms with Crippen molar-refractivity contribution in [2.24, 2.45) is 5.41 Å². The van der Waals surface area contributed by atoms with Gasteiger partial charge in [-0.25, -0.2) is 0 Å². The van der Waals surface area contributed by atoms with Crippen molar-refractivity contribution in [2.45, 2.75) is 31.6 Å². The van der Waals surface area contributed by atoms with Gasteiger partial charge in [0.1, 0.15) is 6.23 Å². The summed E-state index contributed by atoms with van der Waals surface area (Å²) in [4.78, 5) is 0. The molecule has 0 aromatic heterocycles. The highest BCUT2D eigenvalue weighted by Crippen LogP contribution is 2.58. The highest BCUT2D eigenvalue weighted by atomic mass is 16.5. The van der Waals surface area contributed by atoms with E-state index in [1.807, 2.05) is 0 Å². The second kappa shape index (κ2) is 1.18. The van der Waals surface area contributed by atoms with Gasteiger partial charge in [-0.05, 0) is 19.3 Å². The number of piperidine rings is 1. The molecule has 0 radical (unpaired) electrons. The summed E-state index contributed by atoms with van der Waals surface area (Å²) in [6, 6.07) is 0. The van der Waals surface area contributed by atoms with E-state index in [1.165, 1.54) is 19.3 Å². The van der Waals surface area contributed by atoms with Crippen LogP contribution in [0.4, 0.5) is 0 Å². The molecule has 1 aliphatic carbocycles. The van der Waals surface area contributed by atoms with E-state index in [2.05, 4.69) is 5.32 Å². The zero-order valence-corrected chi connectivity index (χ0v) is 5.39. The lowest BCUT2D eigenvalue weighted by molar-refractivity contribution is 0.0805. The molecule has 0 aromatic carbocycles. The van der Waals surface area contributed by atoms with Crippen LogP contribution in [-0.2, 0) is 4.74 Å². The molecule has 2 nitrogen and oxygen atoms in total. The van der Waals surface area contributed by atoms with Gasteiger partial charge in [-0.2, -0.15) is 0 Å². The third-order valence-electron chi connectivity index (χ3n) is 2.94. The Hall–Kier alpha value is -0.0800. The summed E-state index contributed by atoms with van der Waals surface area (Å²) < 4.78 is 5.64. The van der Waals surface area contributed by atoms with Crippen molar-refractivity contribution >= 4 is 0 Å². The van der Waals surface area contributed by atoms with Gasteiger partial charge in [0.15, 0.2) is 0 Å². The average Bonchev–Trinajstić information content (AvgIpc) is 2.40. The summed E-state index contributed by atoms with van der Waals surface area (Å²) in [6.07, 6.45) is 5.16. The number of rotatable bonds is 0. The van der Waals surface area contributed by atoms with E-state index in [-0.39, 0.29) is 0 Å². The van der Waals surface area contributed by atoms with Gasteiger partial charge in [0, 0.05) is 12.0 Å². The van der Waals surface area contributed by atoms with Gasteiger partial charge in [-0.1, -0.05) is 0 Å². The predicted octanol–water partition coefficient (Wildman–Crippen LogP) is 0.485. The Labute approximate surface area is 54.6 Å². The second-order valence-corrected chi connectivity index (χ2v) is 3.61. The Morgan fingerprint density at radius 2 is 2.33 bits per heavy atom. The van der Waals surface area contributed by atoms with Crippen LogP contribution in [0.2, 0.25) is 0 Å². The summed E-state index contributed by atoms with van der Waals surface area (Å²) in [5.41, 5.74) is 0.628. The van der Waals surface area contributed by atoms with Gasteiger partial charge < -0.3 is 4.74 Å².